The zero-order valence-corrected chi connectivity index (χ0v) is 8.76. The molecule has 0 amide bonds. The first kappa shape index (κ1) is 10.2. The van der Waals surface area contributed by atoms with Gasteiger partial charge in [-0.15, -0.1) is 0 Å². The molecular weight excluding hydrogens is 233 g/mol. The van der Waals surface area contributed by atoms with Crippen LogP contribution in [0.25, 0.3) is 0 Å². The van der Waals surface area contributed by atoms with Gasteiger partial charge >= 0.3 is 81.8 Å². The predicted octanol–water partition coefficient (Wildman–Crippen LogP) is -0.304. The van der Waals surface area contributed by atoms with Crippen molar-refractivity contribution in [3.8, 4) is 0 Å². The zero-order valence-electron chi connectivity index (χ0n) is 6.88. The Labute approximate surface area is 82.2 Å². The summed E-state index contributed by atoms with van der Waals surface area (Å²) < 4.78 is 0.937. The second-order valence-electron chi connectivity index (χ2n) is 2.30. The predicted molar refractivity (Wildman–Crippen MR) is 50.1 cm³/mol. The molecule has 0 aliphatic heterocycles. The van der Waals surface area contributed by atoms with Crippen LogP contribution in [0.4, 0.5) is 5.69 Å². The van der Waals surface area contributed by atoms with Crippen molar-refractivity contribution >= 4 is 25.9 Å². The van der Waals surface area contributed by atoms with Gasteiger partial charge in [0, 0.05) is 0 Å². The first-order chi connectivity index (χ1) is 6.24. The van der Waals surface area contributed by atoms with Gasteiger partial charge in [-0.1, -0.05) is 0 Å². The Morgan fingerprint density at radius 2 is 2.38 bits per heavy atom. The van der Waals surface area contributed by atoms with Gasteiger partial charge in [-0.05, 0) is 0 Å². The van der Waals surface area contributed by atoms with Crippen LogP contribution in [0.1, 0.15) is 0 Å². The fourth-order valence-electron chi connectivity index (χ4n) is 0.759. The molecule has 69 valence electrons. The Morgan fingerprint density at radius 3 is 2.85 bits per heavy atom. The Balaban J connectivity index is 2.64. The number of nitrogens with two attached hydrogens (primary N) is 1. The zero-order chi connectivity index (χ0) is 9.68. The van der Waals surface area contributed by atoms with Crippen molar-refractivity contribution in [2.24, 2.45) is 5.73 Å². The molecule has 0 aliphatic carbocycles. The number of hydrogen-bond acceptors (Lipinski definition) is 4. The maximum atomic E-state index is 10.3. The quantitative estimate of drug-likeness (QED) is 0.446. The molecule has 5 nitrogen and oxygen atoms in total. The molecule has 1 heterocycles. The van der Waals surface area contributed by atoms with Gasteiger partial charge in [0.05, 0.1) is 0 Å². The minimum atomic E-state index is -0.448. The van der Waals surface area contributed by atoms with Crippen LogP contribution in [0, 0.1) is 10.1 Å². The third kappa shape index (κ3) is 3.12. The molecule has 1 aromatic heterocycles. The summed E-state index contributed by atoms with van der Waals surface area (Å²) in [5, 5.41) is 11.2. The Bertz CT molecular complexity index is 288. The van der Waals surface area contributed by atoms with Crippen LogP contribution >= 0.6 is 0 Å². The second-order valence-corrected chi connectivity index (χ2v) is 4.87. The van der Waals surface area contributed by atoms with Crippen LogP contribution < -0.4 is 10.2 Å². The summed E-state index contributed by atoms with van der Waals surface area (Å²) in [7, 11) is 0. The molecule has 0 spiro atoms. The molecule has 0 saturated heterocycles. The van der Waals surface area contributed by atoms with Gasteiger partial charge in [-0.25, -0.2) is 0 Å². The third-order valence-corrected chi connectivity index (χ3v) is 3.59. The molecule has 0 atom stereocenters. The average Bonchev–Trinajstić information content (AvgIpc) is 2.15. The molecule has 1 radical (unpaired) electrons. The maximum absolute atomic E-state index is 10.3. The van der Waals surface area contributed by atoms with E-state index in [1.165, 1.54) is 12.3 Å². The van der Waals surface area contributed by atoms with E-state index in [2.05, 4.69) is 4.98 Å². The number of rotatable bonds is 4. The number of nitrogens with zero attached hydrogens (tertiary/aromatic N) is 2. The van der Waals surface area contributed by atoms with Gasteiger partial charge in [0.2, 0.25) is 0 Å². The van der Waals surface area contributed by atoms with Gasteiger partial charge < -0.3 is 0 Å². The van der Waals surface area contributed by atoms with Crippen LogP contribution in [-0.4, -0.2) is 32.2 Å². The Hall–Kier alpha value is -0.932. The molecule has 0 bridgehead atoms. The van der Waals surface area contributed by atoms with Crippen molar-refractivity contribution in [3.05, 3.63) is 28.4 Å². The monoisotopic (exact) mass is 242 g/mol. The second kappa shape index (κ2) is 4.94. The molecule has 0 fully saturated rings. The molecule has 1 rings (SSSR count). The number of aromatic nitrogens is 1. The van der Waals surface area contributed by atoms with E-state index in [0.29, 0.717) is 6.54 Å². The summed E-state index contributed by atoms with van der Waals surface area (Å²) in [6.45, 7) is 0.651. The standard InChI is InChI=1S/C7H9AsN3O2/c9-4-3-8-7-2-1-6(5-10-7)11(12)13/h1-2,5H,3-4,9H2. The average molecular weight is 242 g/mol. The number of nitro groups is 1. The van der Waals surface area contributed by atoms with Crippen LogP contribution in [0.15, 0.2) is 18.3 Å². The first-order valence-electron chi connectivity index (χ1n) is 3.72. The normalized spacial score (nSPS) is 10.8. The third-order valence-electron chi connectivity index (χ3n) is 1.35. The molecule has 6 heteroatoms. The topological polar surface area (TPSA) is 82.0 Å². The fraction of sp³-hybridized carbons (Fsp3) is 0.286. The van der Waals surface area contributed by atoms with Crippen molar-refractivity contribution in [1.82, 2.24) is 4.98 Å². The van der Waals surface area contributed by atoms with E-state index in [1.807, 2.05) is 0 Å². The number of hydrogen-bond donors (Lipinski definition) is 1. The first-order valence-corrected chi connectivity index (χ1v) is 5.98. The molecule has 0 unspecified atom stereocenters. The van der Waals surface area contributed by atoms with Crippen molar-refractivity contribution < 1.29 is 4.92 Å². The van der Waals surface area contributed by atoms with E-state index in [-0.39, 0.29) is 21.4 Å². The SMILES string of the molecule is NCC[As]c1ccc([N+](=O)[O-])cn1. The summed E-state index contributed by atoms with van der Waals surface area (Å²) >= 11 is -0.0262. The van der Waals surface area contributed by atoms with Crippen LogP contribution in [0.3, 0.4) is 0 Å². The van der Waals surface area contributed by atoms with Crippen LogP contribution in [0.5, 0.6) is 0 Å². The Morgan fingerprint density at radius 1 is 1.62 bits per heavy atom. The summed E-state index contributed by atoms with van der Waals surface area (Å²) in [5.41, 5.74) is 5.38. The molecule has 0 aliphatic rings. The van der Waals surface area contributed by atoms with E-state index in [0.717, 1.165) is 9.69 Å². The minimum absolute atomic E-state index is 0.0262. The van der Waals surface area contributed by atoms with Gasteiger partial charge in [0.25, 0.3) is 0 Å². The molecule has 13 heavy (non-hydrogen) atoms. The van der Waals surface area contributed by atoms with Crippen LogP contribution in [0.2, 0.25) is 5.21 Å². The van der Waals surface area contributed by atoms with Gasteiger partial charge in [0.1, 0.15) is 0 Å². The van der Waals surface area contributed by atoms with Crippen molar-refractivity contribution in [1.29, 1.82) is 0 Å². The van der Waals surface area contributed by atoms with Crippen molar-refractivity contribution in [2.75, 3.05) is 6.54 Å². The summed E-state index contributed by atoms with van der Waals surface area (Å²) in [4.78, 5) is 13.8. The van der Waals surface area contributed by atoms with E-state index < -0.39 is 4.92 Å². The summed E-state index contributed by atoms with van der Waals surface area (Å²) in [6, 6.07) is 3.18. The molecule has 1 aromatic rings. The molecular formula is C7H9AsN3O2. The number of pyridine rings is 1. The van der Waals surface area contributed by atoms with Gasteiger partial charge in [-0.3, -0.25) is 0 Å². The van der Waals surface area contributed by atoms with Gasteiger partial charge in [-0.2, -0.15) is 0 Å². The van der Waals surface area contributed by atoms with Crippen molar-refractivity contribution in [3.63, 3.8) is 0 Å². The molecule has 0 aromatic carbocycles. The van der Waals surface area contributed by atoms with Crippen molar-refractivity contribution in [2.45, 2.75) is 5.21 Å². The molecule has 0 saturated carbocycles. The van der Waals surface area contributed by atoms with E-state index in [1.54, 1.807) is 6.07 Å². The van der Waals surface area contributed by atoms with E-state index in [9.17, 15) is 10.1 Å². The van der Waals surface area contributed by atoms with Crippen LogP contribution in [-0.2, 0) is 0 Å². The van der Waals surface area contributed by atoms with E-state index in [4.69, 9.17) is 5.73 Å². The molecule has 2 N–H and O–H groups in total. The Kier molecular flexibility index (Phi) is 3.86. The summed E-state index contributed by atoms with van der Waals surface area (Å²) in [5.74, 6) is 0. The van der Waals surface area contributed by atoms with Gasteiger partial charge in [0.15, 0.2) is 0 Å². The summed E-state index contributed by atoms with van der Waals surface area (Å²) in [6.07, 6.45) is 1.29. The van der Waals surface area contributed by atoms with E-state index >= 15 is 0 Å². The fourth-order valence-corrected chi connectivity index (χ4v) is 2.18.